The van der Waals surface area contributed by atoms with Crippen molar-refractivity contribution in [2.45, 2.75) is 12.8 Å². The molecule has 1 rings (SSSR count). The van der Waals surface area contributed by atoms with Crippen LogP contribution in [0.1, 0.15) is 18.4 Å². The standard InChI is InChI=1S/C14H16FNO3/c1-19-9-3-5-14(18)16-12-7-6-11(4-2-8-17)13(15)10-12/h6-7,10,17H,3,5,8-9H2,1H3,(H,16,18). The van der Waals surface area contributed by atoms with Gasteiger partial charge in [0.25, 0.3) is 0 Å². The van der Waals surface area contributed by atoms with E-state index in [2.05, 4.69) is 17.2 Å². The molecule has 1 amide bonds. The topological polar surface area (TPSA) is 58.6 Å². The van der Waals surface area contributed by atoms with Gasteiger partial charge in [-0.1, -0.05) is 11.8 Å². The SMILES string of the molecule is COCCCC(=O)Nc1ccc(C#CCO)c(F)c1. The highest BCUT2D eigenvalue weighted by Crippen LogP contribution is 2.14. The maximum atomic E-state index is 13.6. The van der Waals surface area contributed by atoms with E-state index in [1.165, 1.54) is 12.1 Å². The van der Waals surface area contributed by atoms with E-state index >= 15 is 0 Å². The van der Waals surface area contributed by atoms with Crippen LogP contribution in [0.2, 0.25) is 0 Å². The minimum Gasteiger partial charge on any atom is -0.385 e. The van der Waals surface area contributed by atoms with E-state index in [4.69, 9.17) is 9.84 Å². The van der Waals surface area contributed by atoms with Crippen LogP contribution in [0.3, 0.4) is 0 Å². The van der Waals surface area contributed by atoms with Crippen LogP contribution < -0.4 is 5.32 Å². The first-order valence-corrected chi connectivity index (χ1v) is 5.85. The lowest BCUT2D eigenvalue weighted by Gasteiger charge is -2.05. The first-order chi connectivity index (χ1) is 9.17. The predicted molar refractivity (Wildman–Crippen MR) is 70.1 cm³/mol. The Morgan fingerprint density at radius 2 is 2.32 bits per heavy atom. The summed E-state index contributed by atoms with van der Waals surface area (Å²) in [5, 5.41) is 11.1. The number of benzene rings is 1. The van der Waals surface area contributed by atoms with Crippen molar-refractivity contribution in [2.24, 2.45) is 0 Å². The van der Waals surface area contributed by atoms with E-state index in [1.54, 1.807) is 13.2 Å². The Morgan fingerprint density at radius 3 is 2.95 bits per heavy atom. The number of carbonyl (C=O) groups excluding carboxylic acids is 1. The fourth-order valence-corrected chi connectivity index (χ4v) is 1.43. The van der Waals surface area contributed by atoms with Crippen molar-refractivity contribution in [3.8, 4) is 11.8 Å². The fourth-order valence-electron chi connectivity index (χ4n) is 1.43. The number of halogens is 1. The number of amides is 1. The second-order valence-corrected chi connectivity index (χ2v) is 3.80. The summed E-state index contributed by atoms with van der Waals surface area (Å²) in [5.74, 6) is 4.12. The number of carbonyl (C=O) groups is 1. The highest BCUT2D eigenvalue weighted by atomic mass is 19.1. The molecular weight excluding hydrogens is 249 g/mol. The molecule has 0 saturated heterocycles. The lowest BCUT2D eigenvalue weighted by atomic mass is 10.2. The summed E-state index contributed by atoms with van der Waals surface area (Å²) in [4.78, 5) is 11.5. The monoisotopic (exact) mass is 265 g/mol. The number of nitrogens with one attached hydrogen (secondary N) is 1. The van der Waals surface area contributed by atoms with E-state index in [-0.39, 0.29) is 18.1 Å². The molecule has 0 saturated carbocycles. The van der Waals surface area contributed by atoms with Crippen molar-refractivity contribution in [3.63, 3.8) is 0 Å². The van der Waals surface area contributed by atoms with Gasteiger partial charge in [0.2, 0.25) is 5.91 Å². The molecule has 2 N–H and O–H groups in total. The predicted octanol–water partition coefficient (Wildman–Crippen LogP) is 1.53. The third-order valence-corrected chi connectivity index (χ3v) is 2.31. The molecule has 0 radical (unpaired) electrons. The molecule has 0 fully saturated rings. The van der Waals surface area contributed by atoms with Gasteiger partial charge in [0.15, 0.2) is 0 Å². The highest BCUT2D eigenvalue weighted by molar-refractivity contribution is 5.90. The van der Waals surface area contributed by atoms with Crippen LogP contribution in [0.4, 0.5) is 10.1 Å². The van der Waals surface area contributed by atoms with Crippen molar-refractivity contribution in [2.75, 3.05) is 25.6 Å². The van der Waals surface area contributed by atoms with Gasteiger partial charge in [-0.05, 0) is 24.6 Å². The smallest absolute Gasteiger partial charge is 0.224 e. The number of rotatable bonds is 5. The Morgan fingerprint density at radius 1 is 1.53 bits per heavy atom. The Balaban J connectivity index is 2.60. The molecule has 0 spiro atoms. The molecule has 4 nitrogen and oxygen atoms in total. The number of methoxy groups -OCH3 is 1. The second kappa shape index (κ2) is 8.25. The van der Waals surface area contributed by atoms with E-state index < -0.39 is 5.82 Å². The largest absolute Gasteiger partial charge is 0.385 e. The Hall–Kier alpha value is -1.90. The zero-order valence-electron chi connectivity index (χ0n) is 10.7. The van der Waals surface area contributed by atoms with Gasteiger partial charge in [-0.3, -0.25) is 4.79 Å². The maximum absolute atomic E-state index is 13.6. The normalized spacial score (nSPS) is 9.63. The molecule has 0 aliphatic carbocycles. The number of ether oxygens (including phenoxy) is 1. The van der Waals surface area contributed by atoms with Gasteiger partial charge < -0.3 is 15.2 Å². The molecule has 19 heavy (non-hydrogen) atoms. The molecule has 1 aromatic rings. The summed E-state index contributed by atoms with van der Waals surface area (Å²) in [5.41, 5.74) is 0.570. The lowest BCUT2D eigenvalue weighted by Crippen LogP contribution is -2.12. The Kier molecular flexibility index (Phi) is 6.58. The maximum Gasteiger partial charge on any atom is 0.224 e. The molecule has 1 aromatic carbocycles. The van der Waals surface area contributed by atoms with Gasteiger partial charge in [0.1, 0.15) is 12.4 Å². The van der Waals surface area contributed by atoms with E-state index in [9.17, 15) is 9.18 Å². The summed E-state index contributed by atoms with van der Waals surface area (Å²) < 4.78 is 18.4. The number of hydrogen-bond donors (Lipinski definition) is 2. The average molecular weight is 265 g/mol. The number of aliphatic hydroxyl groups is 1. The minimum absolute atomic E-state index is 0.187. The summed E-state index contributed by atoms with van der Waals surface area (Å²) in [6.45, 7) is 0.189. The fraction of sp³-hybridized carbons (Fsp3) is 0.357. The number of hydrogen-bond acceptors (Lipinski definition) is 3. The summed E-state index contributed by atoms with van der Waals surface area (Å²) in [7, 11) is 1.57. The molecule has 102 valence electrons. The van der Waals surface area contributed by atoms with Crippen molar-refractivity contribution in [1.82, 2.24) is 0 Å². The lowest BCUT2D eigenvalue weighted by molar-refractivity contribution is -0.116. The molecule has 0 heterocycles. The van der Waals surface area contributed by atoms with Gasteiger partial charge in [0.05, 0.1) is 5.56 Å². The van der Waals surface area contributed by atoms with Crippen LogP contribution in [0.25, 0.3) is 0 Å². The van der Waals surface area contributed by atoms with Crippen molar-refractivity contribution < 1.29 is 19.0 Å². The minimum atomic E-state index is -0.532. The van der Waals surface area contributed by atoms with Crippen LogP contribution in [0.15, 0.2) is 18.2 Å². The molecule has 0 aliphatic heterocycles. The van der Waals surface area contributed by atoms with E-state index in [0.717, 1.165) is 0 Å². The molecule has 0 atom stereocenters. The van der Waals surface area contributed by atoms with Gasteiger partial charge in [0, 0.05) is 25.8 Å². The average Bonchev–Trinajstić information content (AvgIpc) is 2.38. The summed E-state index contributed by atoms with van der Waals surface area (Å²) in [6, 6.07) is 4.23. The van der Waals surface area contributed by atoms with Crippen LogP contribution in [-0.2, 0) is 9.53 Å². The first-order valence-electron chi connectivity index (χ1n) is 5.85. The second-order valence-electron chi connectivity index (χ2n) is 3.80. The molecule has 0 aromatic heterocycles. The number of aliphatic hydroxyl groups excluding tert-OH is 1. The van der Waals surface area contributed by atoms with Gasteiger partial charge in [-0.15, -0.1) is 0 Å². The van der Waals surface area contributed by atoms with Crippen molar-refractivity contribution in [1.29, 1.82) is 0 Å². The van der Waals surface area contributed by atoms with Crippen LogP contribution in [-0.4, -0.2) is 31.3 Å². The Labute approximate surface area is 111 Å². The van der Waals surface area contributed by atoms with Crippen molar-refractivity contribution >= 4 is 11.6 Å². The van der Waals surface area contributed by atoms with Crippen LogP contribution in [0.5, 0.6) is 0 Å². The zero-order chi connectivity index (χ0) is 14.1. The van der Waals surface area contributed by atoms with Crippen molar-refractivity contribution in [3.05, 3.63) is 29.6 Å². The van der Waals surface area contributed by atoms with Gasteiger partial charge >= 0.3 is 0 Å². The molecule has 0 bridgehead atoms. The quantitative estimate of drug-likeness (QED) is 0.627. The third kappa shape index (κ3) is 5.51. The summed E-state index contributed by atoms with van der Waals surface area (Å²) >= 11 is 0. The molecule has 5 heteroatoms. The Bertz CT molecular complexity index is 491. The number of anilines is 1. The highest BCUT2D eigenvalue weighted by Gasteiger charge is 2.05. The van der Waals surface area contributed by atoms with E-state index in [1.807, 2.05) is 0 Å². The van der Waals surface area contributed by atoms with Crippen LogP contribution in [0, 0.1) is 17.7 Å². The third-order valence-electron chi connectivity index (χ3n) is 2.31. The van der Waals surface area contributed by atoms with E-state index in [0.29, 0.717) is 25.1 Å². The molecule has 0 aliphatic rings. The zero-order valence-corrected chi connectivity index (χ0v) is 10.7. The summed E-state index contributed by atoms with van der Waals surface area (Å²) in [6.07, 6.45) is 0.937. The first kappa shape index (κ1) is 15.2. The van der Waals surface area contributed by atoms with Gasteiger partial charge in [-0.2, -0.15) is 0 Å². The molecule has 0 unspecified atom stereocenters. The molecular formula is C14H16FNO3. The van der Waals surface area contributed by atoms with Crippen LogP contribution >= 0.6 is 0 Å². The van der Waals surface area contributed by atoms with Gasteiger partial charge in [-0.25, -0.2) is 4.39 Å².